The third kappa shape index (κ3) is 5.15. The number of aryl methyl sites for hydroxylation is 1. The van der Waals surface area contributed by atoms with Crippen LogP contribution in [0.2, 0.25) is 0 Å². The maximum atomic E-state index is 13.9. The molecule has 0 radical (unpaired) electrons. The number of nitrogens with zero attached hydrogens (tertiary/aromatic N) is 5. The highest BCUT2D eigenvalue weighted by atomic mass is 32.1. The van der Waals surface area contributed by atoms with Crippen LogP contribution in [0.5, 0.6) is 0 Å². The standard InChI is InChI=1S/C27H31N5O5S/c1-5-21-28-29-22(36-21)16-31-19-15-20(17-9-7-6-8-10-17)38-23(19)24(33)32(25(31)34)18-11-13-30(14-12-18)26(35)37-27(2,3)4/h6-10,15,18H,5,11-14,16H2,1-4H3. The van der Waals surface area contributed by atoms with Gasteiger partial charge in [0.25, 0.3) is 5.56 Å². The van der Waals surface area contributed by atoms with E-state index in [1.807, 2.05) is 64.1 Å². The van der Waals surface area contributed by atoms with Gasteiger partial charge in [-0.15, -0.1) is 21.5 Å². The van der Waals surface area contributed by atoms with E-state index in [4.69, 9.17) is 9.15 Å². The lowest BCUT2D eigenvalue weighted by molar-refractivity contribution is 0.0186. The predicted molar refractivity (Wildman–Crippen MR) is 145 cm³/mol. The number of benzene rings is 1. The van der Waals surface area contributed by atoms with E-state index in [0.717, 1.165) is 10.4 Å². The van der Waals surface area contributed by atoms with Gasteiger partial charge < -0.3 is 14.1 Å². The number of hydrogen-bond donors (Lipinski definition) is 0. The summed E-state index contributed by atoms with van der Waals surface area (Å²) in [4.78, 5) is 42.7. The van der Waals surface area contributed by atoms with Gasteiger partial charge in [-0.25, -0.2) is 9.59 Å². The van der Waals surface area contributed by atoms with Crippen LogP contribution >= 0.6 is 11.3 Å². The number of piperidine rings is 1. The van der Waals surface area contributed by atoms with E-state index in [1.54, 1.807) is 9.47 Å². The molecular weight excluding hydrogens is 506 g/mol. The van der Waals surface area contributed by atoms with Gasteiger partial charge in [0.05, 0.1) is 5.52 Å². The lowest BCUT2D eigenvalue weighted by atomic mass is 10.1. The monoisotopic (exact) mass is 537 g/mol. The average molecular weight is 538 g/mol. The number of carbonyl (C=O) groups is 1. The Morgan fingerprint density at radius 2 is 1.79 bits per heavy atom. The second-order valence-corrected chi connectivity index (χ2v) is 11.4. The molecule has 1 aliphatic rings. The van der Waals surface area contributed by atoms with Crippen molar-refractivity contribution < 1.29 is 13.9 Å². The van der Waals surface area contributed by atoms with E-state index in [0.29, 0.717) is 54.4 Å². The molecule has 1 fully saturated rings. The number of fused-ring (bicyclic) bond motifs is 1. The van der Waals surface area contributed by atoms with Gasteiger partial charge in [0.1, 0.15) is 16.8 Å². The Hall–Kier alpha value is -3.73. The molecule has 0 saturated carbocycles. The van der Waals surface area contributed by atoms with Gasteiger partial charge >= 0.3 is 11.8 Å². The third-order valence-electron chi connectivity index (χ3n) is 6.50. The lowest BCUT2D eigenvalue weighted by Gasteiger charge is -2.34. The van der Waals surface area contributed by atoms with Crippen LogP contribution in [0.4, 0.5) is 4.79 Å². The molecule has 0 aliphatic carbocycles. The van der Waals surface area contributed by atoms with Gasteiger partial charge in [-0.3, -0.25) is 13.9 Å². The highest BCUT2D eigenvalue weighted by molar-refractivity contribution is 7.22. The van der Waals surface area contributed by atoms with Crippen molar-refractivity contribution in [1.82, 2.24) is 24.2 Å². The van der Waals surface area contributed by atoms with Crippen LogP contribution < -0.4 is 11.2 Å². The summed E-state index contributed by atoms with van der Waals surface area (Å²) in [5.74, 6) is 0.796. The summed E-state index contributed by atoms with van der Waals surface area (Å²) in [5, 5.41) is 8.13. The summed E-state index contributed by atoms with van der Waals surface area (Å²) in [6, 6.07) is 11.3. The van der Waals surface area contributed by atoms with E-state index >= 15 is 0 Å². The molecule has 1 aromatic carbocycles. The minimum Gasteiger partial charge on any atom is -0.444 e. The maximum absolute atomic E-state index is 13.9. The highest BCUT2D eigenvalue weighted by Crippen LogP contribution is 2.32. The Labute approximate surface area is 223 Å². The molecule has 1 aliphatic heterocycles. The summed E-state index contributed by atoms with van der Waals surface area (Å²) < 4.78 is 14.6. The minimum atomic E-state index is -0.592. The fourth-order valence-corrected chi connectivity index (χ4v) is 5.75. The zero-order valence-corrected chi connectivity index (χ0v) is 22.8. The van der Waals surface area contributed by atoms with E-state index < -0.39 is 11.3 Å². The van der Waals surface area contributed by atoms with Gasteiger partial charge in [0, 0.05) is 30.4 Å². The average Bonchev–Trinajstić information content (AvgIpc) is 3.54. The molecule has 4 aromatic rings. The van der Waals surface area contributed by atoms with Gasteiger partial charge in [0.15, 0.2) is 0 Å². The second kappa shape index (κ2) is 10.2. The molecule has 11 heteroatoms. The van der Waals surface area contributed by atoms with E-state index in [9.17, 15) is 14.4 Å². The summed E-state index contributed by atoms with van der Waals surface area (Å²) in [7, 11) is 0. The van der Waals surface area contributed by atoms with E-state index in [-0.39, 0.29) is 24.2 Å². The van der Waals surface area contributed by atoms with Crippen LogP contribution in [-0.2, 0) is 17.7 Å². The first-order valence-electron chi connectivity index (χ1n) is 12.8. The number of hydrogen-bond acceptors (Lipinski definition) is 8. The Balaban J connectivity index is 1.54. The molecule has 1 amide bonds. The smallest absolute Gasteiger partial charge is 0.410 e. The summed E-state index contributed by atoms with van der Waals surface area (Å²) in [6.45, 7) is 8.24. The number of likely N-dealkylation sites (tertiary alicyclic amines) is 1. The maximum Gasteiger partial charge on any atom is 0.410 e. The Kier molecular flexibility index (Phi) is 6.95. The molecule has 0 bridgehead atoms. The molecule has 200 valence electrons. The first kappa shape index (κ1) is 25.9. The first-order valence-corrected chi connectivity index (χ1v) is 13.6. The molecular formula is C27H31N5O5S. The molecule has 5 rings (SSSR count). The predicted octanol–water partition coefficient (Wildman–Crippen LogP) is 4.46. The Morgan fingerprint density at radius 1 is 1.11 bits per heavy atom. The Bertz CT molecular complexity index is 1570. The normalized spacial score (nSPS) is 14.8. The van der Waals surface area contributed by atoms with Crippen molar-refractivity contribution in [2.75, 3.05) is 13.1 Å². The molecule has 1 saturated heterocycles. The molecule has 38 heavy (non-hydrogen) atoms. The largest absolute Gasteiger partial charge is 0.444 e. The van der Waals surface area contributed by atoms with Crippen molar-refractivity contribution in [2.45, 2.75) is 65.1 Å². The number of ether oxygens (including phenoxy) is 1. The molecule has 0 N–H and O–H groups in total. The molecule has 0 spiro atoms. The number of carbonyl (C=O) groups excluding carboxylic acids is 1. The van der Waals surface area contributed by atoms with Crippen molar-refractivity contribution in [3.63, 3.8) is 0 Å². The Morgan fingerprint density at radius 3 is 2.42 bits per heavy atom. The SMILES string of the molecule is CCc1nnc(Cn2c(=O)n(C3CCN(C(=O)OC(C)(C)C)CC3)c(=O)c3sc(-c4ccccc4)cc32)o1. The molecule has 0 unspecified atom stereocenters. The fraction of sp³-hybridized carbons (Fsp3) is 0.444. The molecule has 3 aromatic heterocycles. The summed E-state index contributed by atoms with van der Waals surface area (Å²) in [6.07, 6.45) is 1.14. The van der Waals surface area contributed by atoms with Crippen molar-refractivity contribution in [1.29, 1.82) is 0 Å². The zero-order chi connectivity index (χ0) is 27.0. The first-order chi connectivity index (χ1) is 18.1. The molecule has 0 atom stereocenters. The topological polar surface area (TPSA) is 112 Å². The summed E-state index contributed by atoms with van der Waals surface area (Å²) in [5.41, 5.74) is 0.180. The quantitative estimate of drug-likeness (QED) is 0.369. The minimum absolute atomic E-state index is 0.0599. The number of rotatable bonds is 5. The summed E-state index contributed by atoms with van der Waals surface area (Å²) >= 11 is 1.37. The number of thiophene rings is 1. The van der Waals surface area contributed by atoms with Crippen LogP contribution in [0.15, 0.2) is 50.4 Å². The third-order valence-corrected chi connectivity index (χ3v) is 7.66. The highest BCUT2D eigenvalue weighted by Gasteiger charge is 2.30. The van der Waals surface area contributed by atoms with Gasteiger partial charge in [0.2, 0.25) is 11.8 Å². The molecule has 10 nitrogen and oxygen atoms in total. The van der Waals surface area contributed by atoms with Crippen molar-refractivity contribution in [3.8, 4) is 10.4 Å². The zero-order valence-electron chi connectivity index (χ0n) is 22.0. The lowest BCUT2D eigenvalue weighted by Crippen LogP contribution is -2.47. The van der Waals surface area contributed by atoms with Gasteiger partial charge in [-0.2, -0.15) is 0 Å². The van der Waals surface area contributed by atoms with E-state index in [1.165, 1.54) is 15.9 Å². The van der Waals surface area contributed by atoms with Crippen LogP contribution in [-0.4, -0.2) is 49.0 Å². The van der Waals surface area contributed by atoms with Gasteiger partial charge in [-0.05, 0) is 45.2 Å². The van der Waals surface area contributed by atoms with Gasteiger partial charge in [-0.1, -0.05) is 37.3 Å². The number of aromatic nitrogens is 4. The van der Waals surface area contributed by atoms with Crippen molar-refractivity contribution in [2.24, 2.45) is 0 Å². The van der Waals surface area contributed by atoms with Crippen LogP contribution in [0.3, 0.4) is 0 Å². The van der Waals surface area contributed by atoms with Crippen LogP contribution in [0.25, 0.3) is 20.7 Å². The second-order valence-electron chi connectivity index (χ2n) is 10.4. The van der Waals surface area contributed by atoms with Crippen molar-refractivity contribution in [3.05, 3.63) is 69.0 Å². The molecule has 4 heterocycles. The fourth-order valence-electron chi connectivity index (χ4n) is 4.65. The number of amides is 1. The van der Waals surface area contributed by atoms with Crippen LogP contribution in [0, 0.1) is 0 Å². The van der Waals surface area contributed by atoms with Crippen molar-refractivity contribution >= 4 is 27.6 Å². The van der Waals surface area contributed by atoms with Crippen LogP contribution in [0.1, 0.15) is 58.4 Å². The van der Waals surface area contributed by atoms with E-state index in [2.05, 4.69) is 10.2 Å².